The summed E-state index contributed by atoms with van der Waals surface area (Å²) in [5, 5.41) is 8.87. The van der Waals surface area contributed by atoms with Crippen molar-refractivity contribution in [2.75, 3.05) is 5.32 Å². The van der Waals surface area contributed by atoms with Crippen molar-refractivity contribution in [2.45, 2.75) is 19.4 Å². The quantitative estimate of drug-likeness (QED) is 0.487. The van der Waals surface area contributed by atoms with Crippen LogP contribution in [0.25, 0.3) is 11.0 Å². The number of nitrogens with one attached hydrogen (secondary N) is 1. The maximum atomic E-state index is 12.9. The molecule has 0 fully saturated rings. The molecule has 5 heteroatoms. The van der Waals surface area contributed by atoms with Gasteiger partial charge in [-0.1, -0.05) is 42.5 Å². The van der Waals surface area contributed by atoms with Crippen LogP contribution in [-0.4, -0.2) is 9.78 Å². The minimum atomic E-state index is -0.310. The minimum absolute atomic E-state index is 0.205. The lowest BCUT2D eigenvalue weighted by molar-refractivity contribution is 0.548. The van der Waals surface area contributed by atoms with Crippen LogP contribution in [0.15, 0.2) is 70.0 Å². The molecule has 0 bridgehead atoms. The van der Waals surface area contributed by atoms with Crippen LogP contribution in [0.5, 0.6) is 0 Å². The second-order valence-electron chi connectivity index (χ2n) is 6.41. The van der Waals surface area contributed by atoms with Gasteiger partial charge in [-0.15, -0.1) is 0 Å². The van der Waals surface area contributed by atoms with Crippen LogP contribution < -0.4 is 10.9 Å². The predicted molar refractivity (Wildman–Crippen MR) is 101 cm³/mol. The highest BCUT2D eigenvalue weighted by molar-refractivity contribution is 5.95. The number of aryl methyl sites for hydroxylation is 1. The highest BCUT2D eigenvalue weighted by Crippen LogP contribution is 2.45. The lowest BCUT2D eigenvalue weighted by atomic mass is 9.83. The van der Waals surface area contributed by atoms with Crippen LogP contribution in [0.1, 0.15) is 29.5 Å². The third-order valence-corrected chi connectivity index (χ3v) is 4.99. The van der Waals surface area contributed by atoms with E-state index in [2.05, 4.69) is 17.3 Å². The summed E-state index contributed by atoms with van der Waals surface area (Å²) in [6.45, 7) is 2.80. The van der Waals surface area contributed by atoms with E-state index in [1.807, 2.05) is 65.5 Å². The number of hydrogen-bond donors (Lipinski definition) is 1. The lowest BCUT2D eigenvalue weighted by Crippen LogP contribution is -2.23. The summed E-state index contributed by atoms with van der Waals surface area (Å²) in [6, 6.07) is 17.7. The van der Waals surface area contributed by atoms with Gasteiger partial charge in [0.15, 0.2) is 0 Å². The Morgan fingerprint density at radius 2 is 1.88 bits per heavy atom. The largest absolute Gasteiger partial charge is 0.422 e. The van der Waals surface area contributed by atoms with Crippen molar-refractivity contribution in [1.29, 1.82) is 0 Å². The molecule has 1 aliphatic rings. The van der Waals surface area contributed by atoms with E-state index in [0.29, 0.717) is 11.1 Å². The van der Waals surface area contributed by atoms with Crippen molar-refractivity contribution in [3.63, 3.8) is 0 Å². The Balaban J connectivity index is 1.88. The Hall–Kier alpha value is -3.34. The van der Waals surface area contributed by atoms with Crippen LogP contribution in [0.4, 0.5) is 11.5 Å². The molecule has 5 nitrogen and oxygen atoms in total. The second-order valence-corrected chi connectivity index (χ2v) is 6.41. The van der Waals surface area contributed by atoms with E-state index >= 15 is 0 Å². The van der Waals surface area contributed by atoms with E-state index in [1.165, 1.54) is 0 Å². The molecule has 1 N–H and O–H groups in total. The van der Waals surface area contributed by atoms with E-state index in [4.69, 9.17) is 4.42 Å². The Kier molecular flexibility index (Phi) is 3.22. The van der Waals surface area contributed by atoms with Crippen molar-refractivity contribution < 1.29 is 4.42 Å². The molecule has 26 heavy (non-hydrogen) atoms. The molecular formula is C21H17N3O2. The third kappa shape index (κ3) is 2.03. The fraction of sp³-hybridized carbons (Fsp3) is 0.143. The normalized spacial score (nSPS) is 15.3. The van der Waals surface area contributed by atoms with Gasteiger partial charge in [0.25, 0.3) is 0 Å². The third-order valence-electron chi connectivity index (χ3n) is 4.99. The first kappa shape index (κ1) is 15.0. The number of aromatic nitrogens is 2. The van der Waals surface area contributed by atoms with Gasteiger partial charge in [-0.25, -0.2) is 9.48 Å². The average Bonchev–Trinajstić information content (AvgIpc) is 3.10. The Morgan fingerprint density at radius 3 is 2.69 bits per heavy atom. The number of fused-ring (bicyclic) bond motifs is 4. The summed E-state index contributed by atoms with van der Waals surface area (Å²) in [4.78, 5) is 12.9. The van der Waals surface area contributed by atoms with Crippen molar-refractivity contribution in [3.05, 3.63) is 87.9 Å². The van der Waals surface area contributed by atoms with E-state index < -0.39 is 0 Å². The van der Waals surface area contributed by atoms with Crippen LogP contribution in [-0.2, 0) is 6.54 Å². The van der Waals surface area contributed by atoms with Gasteiger partial charge in [-0.2, -0.15) is 5.10 Å². The molecule has 0 aliphatic carbocycles. The van der Waals surface area contributed by atoms with Crippen molar-refractivity contribution in [1.82, 2.24) is 9.78 Å². The van der Waals surface area contributed by atoms with Gasteiger partial charge in [-0.3, -0.25) is 0 Å². The number of anilines is 2. The number of nitrogens with zero attached hydrogens (tertiary/aromatic N) is 2. The average molecular weight is 343 g/mol. The van der Waals surface area contributed by atoms with Crippen LogP contribution in [0.2, 0.25) is 0 Å². The standard InChI is InChI=1S/C21H17N3O2/c1-2-24-20-15(12-22-24)17(13-8-4-3-5-9-13)18-19(23-20)14-10-6-7-11-16(14)26-21(18)25/h3-12,17,23H,2H2,1H3. The molecule has 3 heterocycles. The van der Waals surface area contributed by atoms with Gasteiger partial charge in [0.1, 0.15) is 11.4 Å². The molecule has 0 saturated carbocycles. The fourth-order valence-corrected chi connectivity index (χ4v) is 3.81. The maximum absolute atomic E-state index is 12.9. The number of para-hydroxylation sites is 1. The van der Waals surface area contributed by atoms with E-state index in [0.717, 1.165) is 34.6 Å². The van der Waals surface area contributed by atoms with E-state index in [-0.39, 0.29) is 11.5 Å². The highest BCUT2D eigenvalue weighted by atomic mass is 16.4. The molecule has 128 valence electrons. The van der Waals surface area contributed by atoms with Gasteiger partial charge >= 0.3 is 5.63 Å². The number of hydrogen-bond acceptors (Lipinski definition) is 4. The monoisotopic (exact) mass is 343 g/mol. The molecule has 2 aromatic heterocycles. The molecule has 1 atom stereocenters. The maximum Gasteiger partial charge on any atom is 0.342 e. The first-order valence-electron chi connectivity index (χ1n) is 8.71. The summed E-state index contributed by atoms with van der Waals surface area (Å²) in [6.07, 6.45) is 1.85. The summed E-state index contributed by atoms with van der Waals surface area (Å²) in [5.74, 6) is 0.730. The predicted octanol–water partition coefficient (Wildman–Crippen LogP) is 4.25. The van der Waals surface area contributed by atoms with Crippen LogP contribution in [0, 0.1) is 0 Å². The number of rotatable bonds is 2. The molecule has 0 saturated heterocycles. The first-order chi connectivity index (χ1) is 12.8. The fourth-order valence-electron chi connectivity index (χ4n) is 3.81. The molecule has 1 aliphatic heterocycles. The molecule has 2 aromatic carbocycles. The molecule has 0 radical (unpaired) electrons. The molecule has 0 amide bonds. The van der Waals surface area contributed by atoms with Gasteiger partial charge in [0.05, 0.1) is 17.4 Å². The zero-order chi connectivity index (χ0) is 17.7. The van der Waals surface area contributed by atoms with Crippen LogP contribution >= 0.6 is 0 Å². The molecule has 5 rings (SSSR count). The van der Waals surface area contributed by atoms with E-state index in [1.54, 1.807) is 0 Å². The molecule has 1 unspecified atom stereocenters. The summed E-state index contributed by atoms with van der Waals surface area (Å²) >= 11 is 0. The van der Waals surface area contributed by atoms with Crippen LogP contribution in [0.3, 0.4) is 0 Å². The van der Waals surface area contributed by atoms with E-state index in [9.17, 15) is 4.79 Å². The summed E-state index contributed by atoms with van der Waals surface area (Å²) in [5.41, 5.74) is 3.77. The lowest BCUT2D eigenvalue weighted by Gasteiger charge is -2.27. The van der Waals surface area contributed by atoms with Crippen molar-refractivity contribution in [3.8, 4) is 0 Å². The number of benzene rings is 2. The smallest absolute Gasteiger partial charge is 0.342 e. The highest BCUT2D eigenvalue weighted by Gasteiger charge is 2.34. The van der Waals surface area contributed by atoms with Gasteiger partial charge in [-0.05, 0) is 24.6 Å². The SMILES string of the molecule is CCn1ncc2c1Nc1c(c(=O)oc3ccccc13)C2c1ccccc1. The Labute approximate surface area is 149 Å². The minimum Gasteiger partial charge on any atom is -0.422 e. The zero-order valence-electron chi connectivity index (χ0n) is 14.3. The summed E-state index contributed by atoms with van der Waals surface area (Å²) in [7, 11) is 0. The first-order valence-corrected chi connectivity index (χ1v) is 8.71. The van der Waals surface area contributed by atoms with Gasteiger partial charge < -0.3 is 9.73 Å². The Bertz CT molecular complexity index is 1180. The Morgan fingerprint density at radius 1 is 1.12 bits per heavy atom. The van der Waals surface area contributed by atoms with Gasteiger partial charge in [0.2, 0.25) is 0 Å². The molecule has 0 spiro atoms. The van der Waals surface area contributed by atoms with Gasteiger partial charge in [0, 0.05) is 23.4 Å². The zero-order valence-corrected chi connectivity index (χ0v) is 14.3. The second kappa shape index (κ2) is 5.59. The van der Waals surface area contributed by atoms with Crippen molar-refractivity contribution in [2.24, 2.45) is 0 Å². The van der Waals surface area contributed by atoms with Crippen molar-refractivity contribution >= 4 is 22.5 Å². The summed E-state index contributed by atoms with van der Waals surface area (Å²) < 4.78 is 7.57. The molecular weight excluding hydrogens is 326 g/mol. The topological polar surface area (TPSA) is 60.1 Å². The molecule has 4 aromatic rings.